The Bertz CT molecular complexity index is 723. The molecule has 0 saturated carbocycles. The topological polar surface area (TPSA) is 57.6 Å². The second-order valence-electron chi connectivity index (χ2n) is 4.51. The van der Waals surface area contributed by atoms with Gasteiger partial charge in [-0.25, -0.2) is 8.42 Å². The first-order valence-corrected chi connectivity index (χ1v) is 9.43. The third kappa shape index (κ3) is 3.31. The molecule has 0 bridgehead atoms. The maximum Gasteiger partial charge on any atom is 0.266 e. The Kier molecular flexibility index (Phi) is 5.08. The van der Waals surface area contributed by atoms with Gasteiger partial charge in [0, 0.05) is 11.4 Å². The van der Waals surface area contributed by atoms with Crippen molar-refractivity contribution in [3.63, 3.8) is 0 Å². The Morgan fingerprint density at radius 1 is 1.29 bits per heavy atom. The van der Waals surface area contributed by atoms with Crippen LogP contribution in [0, 0.1) is 6.92 Å². The first-order chi connectivity index (χ1) is 9.90. The molecule has 4 nitrogen and oxygen atoms in total. The second-order valence-corrected chi connectivity index (χ2v) is 8.80. The van der Waals surface area contributed by atoms with Crippen molar-refractivity contribution in [1.82, 2.24) is 0 Å². The van der Waals surface area contributed by atoms with Crippen molar-refractivity contribution in [3.8, 4) is 0 Å². The highest BCUT2D eigenvalue weighted by Gasteiger charge is 2.27. The third-order valence-electron chi connectivity index (χ3n) is 3.04. The first kappa shape index (κ1) is 16.5. The van der Waals surface area contributed by atoms with Crippen LogP contribution in [-0.4, -0.2) is 20.1 Å². The zero-order valence-corrected chi connectivity index (χ0v) is 14.9. The average molecular weight is 390 g/mol. The van der Waals surface area contributed by atoms with Gasteiger partial charge in [0.05, 0.1) is 16.1 Å². The summed E-state index contributed by atoms with van der Waals surface area (Å²) >= 11 is 4.50. The molecular formula is C14H16BrNO3S2. The van der Waals surface area contributed by atoms with Crippen LogP contribution in [0.3, 0.4) is 0 Å². The number of aryl methyl sites for hydroxylation is 1. The van der Waals surface area contributed by atoms with Crippen molar-refractivity contribution in [2.45, 2.75) is 25.3 Å². The highest BCUT2D eigenvalue weighted by Crippen LogP contribution is 2.35. The van der Waals surface area contributed by atoms with Crippen molar-refractivity contribution in [3.05, 3.63) is 44.6 Å². The predicted octanol–water partition coefficient (Wildman–Crippen LogP) is 3.53. The normalized spacial score (nSPS) is 11.6. The Balaban J connectivity index is 2.49. The van der Waals surface area contributed by atoms with E-state index >= 15 is 0 Å². The van der Waals surface area contributed by atoms with E-state index in [-0.39, 0.29) is 11.5 Å². The molecule has 21 heavy (non-hydrogen) atoms. The molecule has 1 heterocycles. The summed E-state index contributed by atoms with van der Waals surface area (Å²) in [5.74, 6) is 0. The van der Waals surface area contributed by atoms with Crippen molar-refractivity contribution >= 4 is 43.0 Å². The Morgan fingerprint density at radius 2 is 1.90 bits per heavy atom. The van der Waals surface area contributed by atoms with Crippen molar-refractivity contribution in [1.29, 1.82) is 0 Å². The van der Waals surface area contributed by atoms with Gasteiger partial charge in [-0.2, -0.15) is 0 Å². The zero-order valence-electron chi connectivity index (χ0n) is 11.7. The van der Waals surface area contributed by atoms with E-state index in [2.05, 4.69) is 15.9 Å². The van der Waals surface area contributed by atoms with Crippen LogP contribution in [0.15, 0.2) is 39.0 Å². The number of nitrogens with zero attached hydrogens (tertiary/aromatic N) is 1. The van der Waals surface area contributed by atoms with Crippen molar-refractivity contribution in [2.24, 2.45) is 0 Å². The molecule has 1 aromatic carbocycles. The van der Waals surface area contributed by atoms with Crippen LogP contribution in [-0.2, 0) is 16.6 Å². The maximum atomic E-state index is 12.8. The molecule has 1 aromatic heterocycles. The highest BCUT2D eigenvalue weighted by atomic mass is 79.9. The lowest BCUT2D eigenvalue weighted by Gasteiger charge is -2.22. The lowest BCUT2D eigenvalue weighted by Crippen LogP contribution is -2.30. The van der Waals surface area contributed by atoms with E-state index in [1.165, 1.54) is 21.7 Å². The van der Waals surface area contributed by atoms with Gasteiger partial charge in [0.25, 0.3) is 10.0 Å². The summed E-state index contributed by atoms with van der Waals surface area (Å²) in [6.45, 7) is 3.92. The largest absolute Gasteiger partial charge is 0.391 e. The monoisotopic (exact) mass is 389 g/mol. The minimum atomic E-state index is -3.65. The van der Waals surface area contributed by atoms with Gasteiger partial charge >= 0.3 is 0 Å². The van der Waals surface area contributed by atoms with Crippen LogP contribution < -0.4 is 4.31 Å². The SMILES string of the molecule is CCN(c1ccc(C)cc1)S(=O)(=O)c1cc(CO)sc1Br. The number of sulfonamides is 1. The molecule has 0 saturated heterocycles. The number of thiophene rings is 1. The molecular weight excluding hydrogens is 374 g/mol. The molecule has 1 N–H and O–H groups in total. The smallest absolute Gasteiger partial charge is 0.266 e. The van der Waals surface area contributed by atoms with E-state index in [1.54, 1.807) is 19.1 Å². The van der Waals surface area contributed by atoms with Gasteiger partial charge in [0.1, 0.15) is 4.90 Å². The zero-order chi connectivity index (χ0) is 15.6. The first-order valence-electron chi connectivity index (χ1n) is 6.38. The Hall–Kier alpha value is -0.890. The van der Waals surface area contributed by atoms with Crippen LogP contribution in [0.5, 0.6) is 0 Å². The minimum Gasteiger partial charge on any atom is -0.391 e. The van der Waals surface area contributed by atoms with Gasteiger partial charge in [-0.15, -0.1) is 11.3 Å². The summed E-state index contributed by atoms with van der Waals surface area (Å²) in [4.78, 5) is 0.805. The molecule has 2 aromatic rings. The molecule has 7 heteroatoms. The molecule has 0 spiro atoms. The molecule has 0 atom stereocenters. The van der Waals surface area contributed by atoms with E-state index in [0.29, 0.717) is 20.9 Å². The van der Waals surface area contributed by atoms with Gasteiger partial charge in [-0.3, -0.25) is 4.31 Å². The average Bonchev–Trinajstić information content (AvgIpc) is 2.83. The van der Waals surface area contributed by atoms with E-state index in [1.807, 2.05) is 19.1 Å². The number of hydrogen-bond donors (Lipinski definition) is 1. The Labute approximate surface area is 137 Å². The van der Waals surface area contributed by atoms with E-state index in [9.17, 15) is 8.42 Å². The molecule has 0 aliphatic heterocycles. The number of hydrogen-bond acceptors (Lipinski definition) is 4. The molecule has 0 radical (unpaired) electrons. The van der Waals surface area contributed by atoms with Crippen molar-refractivity contribution < 1.29 is 13.5 Å². The summed E-state index contributed by atoms with van der Waals surface area (Å²) < 4.78 is 27.5. The highest BCUT2D eigenvalue weighted by molar-refractivity contribution is 9.11. The maximum absolute atomic E-state index is 12.8. The second kappa shape index (κ2) is 6.48. The van der Waals surface area contributed by atoms with Crippen LogP contribution in [0.4, 0.5) is 5.69 Å². The third-order valence-corrected chi connectivity index (χ3v) is 7.18. The summed E-state index contributed by atoms with van der Waals surface area (Å²) in [7, 11) is -3.65. The Morgan fingerprint density at radius 3 is 2.38 bits per heavy atom. The summed E-state index contributed by atoms with van der Waals surface area (Å²) in [5, 5.41) is 9.17. The lowest BCUT2D eigenvalue weighted by molar-refractivity contribution is 0.285. The molecule has 0 aliphatic carbocycles. The molecule has 0 amide bonds. The molecule has 2 rings (SSSR count). The van der Waals surface area contributed by atoms with Crippen LogP contribution in [0.2, 0.25) is 0 Å². The van der Waals surface area contributed by atoms with E-state index in [4.69, 9.17) is 5.11 Å². The number of rotatable bonds is 5. The van der Waals surface area contributed by atoms with Crippen LogP contribution >= 0.6 is 27.3 Å². The number of aliphatic hydroxyl groups is 1. The number of anilines is 1. The van der Waals surface area contributed by atoms with Crippen molar-refractivity contribution in [2.75, 3.05) is 10.8 Å². The summed E-state index contributed by atoms with van der Waals surface area (Å²) in [5.41, 5.74) is 1.71. The van der Waals surface area contributed by atoms with Gasteiger partial charge < -0.3 is 5.11 Å². The van der Waals surface area contributed by atoms with Gasteiger partial charge in [0.15, 0.2) is 0 Å². The van der Waals surface area contributed by atoms with Crippen LogP contribution in [0.1, 0.15) is 17.4 Å². The van der Waals surface area contributed by atoms with E-state index in [0.717, 1.165) is 5.56 Å². The summed E-state index contributed by atoms with van der Waals surface area (Å²) in [6.07, 6.45) is 0. The van der Waals surface area contributed by atoms with E-state index < -0.39 is 10.0 Å². The standard InChI is InChI=1S/C14H16BrNO3S2/c1-3-16(11-6-4-10(2)5-7-11)21(18,19)13-8-12(9-17)20-14(13)15/h4-8,17H,3,9H2,1-2H3. The van der Waals surface area contributed by atoms with Gasteiger partial charge in [0.2, 0.25) is 0 Å². The molecule has 114 valence electrons. The molecule has 0 aliphatic rings. The minimum absolute atomic E-state index is 0.171. The fourth-order valence-electron chi connectivity index (χ4n) is 1.97. The summed E-state index contributed by atoms with van der Waals surface area (Å²) in [6, 6.07) is 8.87. The molecule has 0 unspecified atom stereocenters. The van der Waals surface area contributed by atoms with Gasteiger partial charge in [-0.05, 0) is 48.0 Å². The fraction of sp³-hybridized carbons (Fsp3) is 0.286. The quantitative estimate of drug-likeness (QED) is 0.850. The molecule has 0 fully saturated rings. The number of halogens is 1. The fourth-order valence-corrected chi connectivity index (χ4v) is 5.94. The number of benzene rings is 1. The lowest BCUT2D eigenvalue weighted by atomic mass is 10.2. The van der Waals surface area contributed by atoms with Crippen LogP contribution in [0.25, 0.3) is 0 Å². The van der Waals surface area contributed by atoms with Gasteiger partial charge in [-0.1, -0.05) is 17.7 Å². The number of aliphatic hydroxyl groups excluding tert-OH is 1. The predicted molar refractivity (Wildman–Crippen MR) is 89.3 cm³/mol.